The molecule has 0 amide bonds. The van der Waals surface area contributed by atoms with Gasteiger partial charge in [-0.3, -0.25) is 4.79 Å². The van der Waals surface area contributed by atoms with Crippen molar-refractivity contribution in [2.75, 3.05) is 0 Å². The predicted octanol–water partition coefficient (Wildman–Crippen LogP) is 3.87. The molecule has 0 unspecified atom stereocenters. The lowest BCUT2D eigenvalue weighted by Gasteiger charge is -2.19. The quantitative estimate of drug-likeness (QED) is 0.771. The van der Waals surface area contributed by atoms with Gasteiger partial charge in [-0.25, -0.2) is 0 Å². The number of fused-ring (bicyclic) bond motifs is 1. The molecule has 0 radical (unpaired) electrons. The second-order valence-corrected chi connectivity index (χ2v) is 5.98. The number of carbonyl (C=O) groups is 1. The average Bonchev–Trinajstić information content (AvgIpc) is 2.67. The number of carbonyl (C=O) groups excluding carboxylic acids is 1. The fourth-order valence-electron chi connectivity index (χ4n) is 1.94. The van der Waals surface area contributed by atoms with Crippen LogP contribution in [0.5, 0.6) is 0 Å². The Bertz CT molecular complexity index is 535. The topological polar surface area (TPSA) is 26.3 Å². The van der Waals surface area contributed by atoms with E-state index in [1.807, 2.05) is 0 Å². The molecule has 90 valence electrons. The highest BCUT2D eigenvalue weighted by Crippen LogP contribution is 2.35. The number of rotatable bonds is 3. The molecule has 2 nitrogen and oxygen atoms in total. The second kappa shape index (κ2) is 4.49. The third kappa shape index (κ3) is 2.34. The van der Waals surface area contributed by atoms with Gasteiger partial charge in [0.15, 0.2) is 0 Å². The van der Waals surface area contributed by atoms with Crippen molar-refractivity contribution in [2.24, 2.45) is 0 Å². The van der Waals surface area contributed by atoms with Crippen LogP contribution in [-0.2, 0) is 21.6 Å². The molecule has 1 heterocycles. The number of hydrogen-bond acceptors (Lipinski definition) is 3. The summed E-state index contributed by atoms with van der Waals surface area (Å²) in [7, 11) is 0. The van der Waals surface area contributed by atoms with Gasteiger partial charge in [0.05, 0.1) is 0 Å². The van der Waals surface area contributed by atoms with Crippen LogP contribution < -0.4 is 0 Å². The van der Waals surface area contributed by atoms with E-state index in [9.17, 15) is 4.79 Å². The van der Waals surface area contributed by atoms with Gasteiger partial charge in [0.25, 0.3) is 6.47 Å². The Morgan fingerprint density at radius 2 is 2.12 bits per heavy atom. The van der Waals surface area contributed by atoms with Gasteiger partial charge in [-0.2, -0.15) is 0 Å². The van der Waals surface area contributed by atoms with Crippen LogP contribution in [-0.4, -0.2) is 6.47 Å². The molecule has 0 spiro atoms. The van der Waals surface area contributed by atoms with E-state index in [1.165, 1.54) is 15.6 Å². The highest BCUT2D eigenvalue weighted by atomic mass is 32.1. The van der Waals surface area contributed by atoms with E-state index in [4.69, 9.17) is 4.74 Å². The lowest BCUT2D eigenvalue weighted by molar-refractivity contribution is -0.129. The van der Waals surface area contributed by atoms with E-state index < -0.39 is 0 Å². The summed E-state index contributed by atoms with van der Waals surface area (Å²) in [5, 5.41) is 3.27. The summed E-state index contributed by atoms with van der Waals surface area (Å²) in [5.41, 5.74) is 2.56. The SMILES string of the molecule is CC(C)(C)c1cccc2c(COC=O)csc12. The molecular formula is C14H16O2S. The van der Waals surface area contributed by atoms with E-state index in [0.717, 1.165) is 5.56 Å². The summed E-state index contributed by atoms with van der Waals surface area (Å²) in [6.45, 7) is 7.49. The molecule has 2 aromatic rings. The van der Waals surface area contributed by atoms with Gasteiger partial charge >= 0.3 is 0 Å². The van der Waals surface area contributed by atoms with E-state index in [0.29, 0.717) is 13.1 Å². The zero-order valence-electron chi connectivity index (χ0n) is 10.3. The number of ether oxygens (including phenoxy) is 1. The predicted molar refractivity (Wildman–Crippen MR) is 71.4 cm³/mol. The monoisotopic (exact) mass is 248 g/mol. The highest BCUT2D eigenvalue weighted by molar-refractivity contribution is 7.17. The maximum absolute atomic E-state index is 10.2. The third-order valence-electron chi connectivity index (χ3n) is 2.79. The number of hydrogen-bond donors (Lipinski definition) is 0. The average molecular weight is 248 g/mol. The third-order valence-corrected chi connectivity index (χ3v) is 3.87. The van der Waals surface area contributed by atoms with Crippen molar-refractivity contribution in [1.29, 1.82) is 0 Å². The first-order chi connectivity index (χ1) is 8.04. The molecule has 2 rings (SSSR count). The van der Waals surface area contributed by atoms with Gasteiger partial charge < -0.3 is 4.74 Å². The Morgan fingerprint density at radius 3 is 2.76 bits per heavy atom. The Balaban J connectivity index is 2.53. The largest absolute Gasteiger partial charge is 0.463 e. The summed E-state index contributed by atoms with van der Waals surface area (Å²) in [6, 6.07) is 6.33. The number of thiophene rings is 1. The fraction of sp³-hybridized carbons (Fsp3) is 0.357. The van der Waals surface area contributed by atoms with Crippen molar-refractivity contribution in [2.45, 2.75) is 32.8 Å². The molecule has 0 aliphatic rings. The molecule has 0 N–H and O–H groups in total. The van der Waals surface area contributed by atoms with Gasteiger partial charge in [-0.1, -0.05) is 39.0 Å². The van der Waals surface area contributed by atoms with Gasteiger partial charge in [0.2, 0.25) is 0 Å². The molecule has 0 saturated heterocycles. The summed E-state index contributed by atoms with van der Waals surface area (Å²) < 4.78 is 6.13. The van der Waals surface area contributed by atoms with Crippen LogP contribution in [0.25, 0.3) is 10.1 Å². The summed E-state index contributed by atoms with van der Waals surface area (Å²) in [5.74, 6) is 0. The maximum Gasteiger partial charge on any atom is 0.293 e. The first-order valence-electron chi connectivity index (χ1n) is 5.59. The van der Waals surface area contributed by atoms with Crippen LogP contribution >= 0.6 is 11.3 Å². The van der Waals surface area contributed by atoms with E-state index in [-0.39, 0.29) is 5.41 Å². The lowest BCUT2D eigenvalue weighted by Crippen LogP contribution is -2.10. The van der Waals surface area contributed by atoms with E-state index >= 15 is 0 Å². The molecule has 3 heteroatoms. The molecule has 0 atom stereocenters. The first kappa shape index (κ1) is 12.1. The zero-order valence-corrected chi connectivity index (χ0v) is 11.1. The van der Waals surface area contributed by atoms with Gasteiger partial charge in [-0.15, -0.1) is 11.3 Å². The van der Waals surface area contributed by atoms with E-state index in [1.54, 1.807) is 11.3 Å². The minimum absolute atomic E-state index is 0.132. The molecule has 0 fully saturated rings. The van der Waals surface area contributed by atoms with Crippen LogP contribution in [0.4, 0.5) is 0 Å². The summed E-state index contributed by atoms with van der Waals surface area (Å²) in [4.78, 5) is 10.2. The van der Waals surface area contributed by atoms with Crippen molar-refractivity contribution < 1.29 is 9.53 Å². The molecular weight excluding hydrogens is 232 g/mol. The van der Waals surface area contributed by atoms with Crippen LogP contribution in [0.3, 0.4) is 0 Å². The lowest BCUT2D eigenvalue weighted by atomic mass is 9.86. The van der Waals surface area contributed by atoms with Crippen molar-refractivity contribution >= 4 is 27.9 Å². The molecule has 0 aliphatic heterocycles. The molecule has 1 aromatic heterocycles. The van der Waals surface area contributed by atoms with Crippen molar-refractivity contribution in [3.63, 3.8) is 0 Å². The van der Waals surface area contributed by atoms with Gasteiger partial charge in [0.1, 0.15) is 6.61 Å². The van der Waals surface area contributed by atoms with E-state index in [2.05, 4.69) is 44.4 Å². The Labute approximate surface area is 105 Å². The van der Waals surface area contributed by atoms with Crippen LogP contribution in [0, 0.1) is 0 Å². The van der Waals surface area contributed by atoms with Crippen LogP contribution in [0.1, 0.15) is 31.9 Å². The van der Waals surface area contributed by atoms with Gasteiger partial charge in [-0.05, 0) is 21.7 Å². The van der Waals surface area contributed by atoms with Crippen molar-refractivity contribution in [1.82, 2.24) is 0 Å². The molecule has 0 aliphatic carbocycles. The highest BCUT2D eigenvalue weighted by Gasteiger charge is 2.18. The molecule has 0 bridgehead atoms. The zero-order chi connectivity index (χ0) is 12.5. The van der Waals surface area contributed by atoms with Crippen molar-refractivity contribution in [3.8, 4) is 0 Å². The summed E-state index contributed by atoms with van der Waals surface area (Å²) in [6.07, 6.45) is 0. The Morgan fingerprint density at radius 1 is 1.35 bits per heavy atom. The van der Waals surface area contributed by atoms with Crippen LogP contribution in [0.15, 0.2) is 23.6 Å². The maximum atomic E-state index is 10.2. The smallest absolute Gasteiger partial charge is 0.293 e. The normalized spacial score (nSPS) is 11.7. The fourth-order valence-corrected chi connectivity index (χ4v) is 3.22. The minimum atomic E-state index is 0.132. The first-order valence-corrected chi connectivity index (χ1v) is 6.47. The van der Waals surface area contributed by atoms with Gasteiger partial charge in [0, 0.05) is 10.3 Å². The standard InChI is InChI=1S/C14H16O2S/c1-14(2,3)12-6-4-5-11-10(7-16-9-15)8-17-13(11)12/h4-6,8-9H,7H2,1-3H3. The van der Waals surface area contributed by atoms with Crippen LogP contribution in [0.2, 0.25) is 0 Å². The molecule has 1 aromatic carbocycles. The summed E-state index contributed by atoms with van der Waals surface area (Å²) >= 11 is 1.72. The number of benzene rings is 1. The molecule has 0 saturated carbocycles. The molecule has 17 heavy (non-hydrogen) atoms. The Hall–Kier alpha value is -1.35. The second-order valence-electron chi connectivity index (χ2n) is 5.10. The minimum Gasteiger partial charge on any atom is -0.463 e. The Kier molecular flexibility index (Phi) is 3.20. The van der Waals surface area contributed by atoms with Crippen molar-refractivity contribution in [3.05, 3.63) is 34.7 Å².